The standard InChI is InChI=1S/C25H24Cl4N2O3/c1-33-17-5-2-4-15(10-17)24-8-9-31(23(32)34-14-25(27,28)29)13-16(24)11-18-21(12-24)30-20-7-3-6-19(26)22(18)20/h2-7,10,16,30H,8-9,11-14H2,1H3. The summed E-state index contributed by atoms with van der Waals surface area (Å²) >= 11 is 23.9. The van der Waals surface area contributed by atoms with Gasteiger partial charge in [-0.1, -0.05) is 64.6 Å². The molecule has 9 heteroatoms. The minimum absolute atomic E-state index is 0.149. The summed E-state index contributed by atoms with van der Waals surface area (Å²) in [6.07, 6.45) is 1.91. The molecule has 2 aromatic carbocycles. The number of piperidine rings is 1. The molecule has 0 radical (unpaired) electrons. The third-order valence-corrected chi connectivity index (χ3v) is 7.86. The lowest BCUT2D eigenvalue weighted by molar-refractivity contribution is 0.0539. The van der Waals surface area contributed by atoms with Crippen LogP contribution in [0.2, 0.25) is 5.02 Å². The predicted molar refractivity (Wildman–Crippen MR) is 137 cm³/mol. The van der Waals surface area contributed by atoms with E-state index in [4.69, 9.17) is 55.9 Å². The van der Waals surface area contributed by atoms with Crippen LogP contribution in [0, 0.1) is 5.92 Å². The summed E-state index contributed by atoms with van der Waals surface area (Å²) in [5, 5.41) is 1.80. The number of aromatic amines is 1. The number of H-pyrrole nitrogens is 1. The van der Waals surface area contributed by atoms with Gasteiger partial charge in [-0.2, -0.15) is 0 Å². The molecule has 1 N–H and O–H groups in total. The molecule has 5 nitrogen and oxygen atoms in total. The molecule has 1 aliphatic heterocycles. The number of fused-ring (bicyclic) bond motifs is 4. The van der Waals surface area contributed by atoms with E-state index in [1.807, 2.05) is 24.3 Å². The minimum atomic E-state index is -1.64. The largest absolute Gasteiger partial charge is 0.497 e. The van der Waals surface area contributed by atoms with E-state index in [0.717, 1.165) is 40.9 Å². The van der Waals surface area contributed by atoms with Crippen molar-refractivity contribution in [1.82, 2.24) is 9.88 Å². The summed E-state index contributed by atoms with van der Waals surface area (Å²) < 4.78 is 9.18. The first-order valence-electron chi connectivity index (χ1n) is 11.1. The van der Waals surface area contributed by atoms with E-state index in [-0.39, 0.29) is 17.9 Å². The number of nitrogens with one attached hydrogen (secondary N) is 1. The third-order valence-electron chi connectivity index (χ3n) is 7.22. The fourth-order valence-corrected chi connectivity index (χ4v) is 6.09. The van der Waals surface area contributed by atoms with E-state index < -0.39 is 9.89 Å². The molecule has 2 heterocycles. The molecule has 34 heavy (non-hydrogen) atoms. The number of amides is 1. The van der Waals surface area contributed by atoms with Crippen molar-refractivity contribution in [3.63, 3.8) is 0 Å². The summed E-state index contributed by atoms with van der Waals surface area (Å²) in [6.45, 7) is 0.788. The van der Waals surface area contributed by atoms with Crippen molar-refractivity contribution in [2.75, 3.05) is 26.8 Å². The van der Waals surface area contributed by atoms with Crippen LogP contribution in [0.25, 0.3) is 10.9 Å². The van der Waals surface area contributed by atoms with E-state index in [9.17, 15) is 4.79 Å². The van der Waals surface area contributed by atoms with Crippen molar-refractivity contribution < 1.29 is 14.3 Å². The number of aromatic nitrogens is 1. The number of likely N-dealkylation sites (tertiary alicyclic amines) is 1. The van der Waals surface area contributed by atoms with Crippen LogP contribution in [-0.2, 0) is 23.0 Å². The molecule has 0 saturated carbocycles. The van der Waals surface area contributed by atoms with Gasteiger partial charge in [0.15, 0.2) is 0 Å². The average Bonchev–Trinajstić information content (AvgIpc) is 3.18. The second-order valence-corrected chi connectivity index (χ2v) is 12.0. The first kappa shape index (κ1) is 23.9. The summed E-state index contributed by atoms with van der Waals surface area (Å²) in [7, 11) is 1.68. The van der Waals surface area contributed by atoms with Crippen LogP contribution in [0.5, 0.6) is 5.75 Å². The third kappa shape index (κ3) is 4.32. The summed E-state index contributed by atoms with van der Waals surface area (Å²) in [5.74, 6) is 0.970. The predicted octanol–water partition coefficient (Wildman–Crippen LogP) is 6.70. The van der Waals surface area contributed by atoms with Crippen LogP contribution in [0.3, 0.4) is 0 Å². The van der Waals surface area contributed by atoms with Gasteiger partial charge in [0.05, 0.1) is 12.1 Å². The number of carbonyl (C=O) groups excluding carboxylic acids is 1. The number of nitrogens with zero attached hydrogens (tertiary/aromatic N) is 1. The average molecular weight is 542 g/mol. The van der Waals surface area contributed by atoms with Gasteiger partial charge in [-0.25, -0.2) is 4.79 Å². The zero-order valence-electron chi connectivity index (χ0n) is 18.5. The van der Waals surface area contributed by atoms with E-state index >= 15 is 0 Å². The molecular formula is C25H24Cl4N2O3. The maximum atomic E-state index is 12.8. The Kier molecular flexibility index (Phi) is 6.34. The van der Waals surface area contributed by atoms with E-state index in [1.165, 1.54) is 16.8 Å². The topological polar surface area (TPSA) is 54.6 Å². The van der Waals surface area contributed by atoms with Crippen molar-refractivity contribution in [1.29, 1.82) is 0 Å². The van der Waals surface area contributed by atoms with Crippen LogP contribution in [-0.4, -0.2) is 46.6 Å². The van der Waals surface area contributed by atoms with Gasteiger partial charge in [0.1, 0.15) is 12.4 Å². The van der Waals surface area contributed by atoms with Gasteiger partial charge in [0.2, 0.25) is 3.79 Å². The Hall–Kier alpha value is -1.79. The van der Waals surface area contributed by atoms with Crippen LogP contribution in [0.15, 0.2) is 42.5 Å². The quantitative estimate of drug-likeness (QED) is 0.375. The molecule has 5 rings (SSSR count). The zero-order valence-corrected chi connectivity index (χ0v) is 21.6. The van der Waals surface area contributed by atoms with Gasteiger partial charge in [-0.3, -0.25) is 0 Å². The second kappa shape index (κ2) is 9.02. The second-order valence-electron chi connectivity index (χ2n) is 9.08. The van der Waals surface area contributed by atoms with Crippen molar-refractivity contribution in [3.05, 3.63) is 64.3 Å². The van der Waals surface area contributed by atoms with Gasteiger partial charge >= 0.3 is 6.09 Å². The van der Waals surface area contributed by atoms with Gasteiger partial charge < -0.3 is 19.4 Å². The lowest BCUT2D eigenvalue weighted by atomic mass is 9.59. The van der Waals surface area contributed by atoms with Crippen molar-refractivity contribution >= 4 is 63.4 Å². The van der Waals surface area contributed by atoms with Crippen LogP contribution < -0.4 is 4.74 Å². The van der Waals surface area contributed by atoms with Crippen LogP contribution in [0.4, 0.5) is 4.79 Å². The van der Waals surface area contributed by atoms with Crippen molar-refractivity contribution in [2.45, 2.75) is 28.5 Å². The summed E-state index contributed by atoms with van der Waals surface area (Å²) in [4.78, 5) is 18.1. The fourth-order valence-electron chi connectivity index (χ4n) is 5.64. The maximum Gasteiger partial charge on any atom is 0.409 e. The highest BCUT2D eigenvalue weighted by molar-refractivity contribution is 6.67. The Labute approximate surface area is 218 Å². The molecule has 3 aromatic rings. The van der Waals surface area contributed by atoms with E-state index in [2.05, 4.69) is 23.2 Å². The van der Waals surface area contributed by atoms with E-state index in [0.29, 0.717) is 13.1 Å². The Bertz CT molecular complexity index is 1240. The number of hydrogen-bond acceptors (Lipinski definition) is 3. The molecule has 2 aliphatic rings. The first-order chi connectivity index (χ1) is 16.2. The lowest BCUT2D eigenvalue weighted by Crippen LogP contribution is -2.55. The first-order valence-corrected chi connectivity index (χ1v) is 12.6. The number of methoxy groups -OCH3 is 1. The summed E-state index contributed by atoms with van der Waals surface area (Å²) in [5.41, 5.74) is 4.51. The van der Waals surface area contributed by atoms with Crippen molar-refractivity contribution in [2.24, 2.45) is 5.92 Å². The molecule has 2 atom stereocenters. The molecule has 180 valence electrons. The molecule has 1 fully saturated rings. The molecule has 0 bridgehead atoms. The van der Waals surface area contributed by atoms with Crippen LogP contribution >= 0.6 is 46.4 Å². The molecule has 1 aliphatic carbocycles. The van der Waals surface area contributed by atoms with Gasteiger partial charge in [0, 0.05) is 35.1 Å². The molecule has 0 spiro atoms. The normalized spacial score (nSPS) is 22.3. The van der Waals surface area contributed by atoms with Gasteiger partial charge in [-0.15, -0.1) is 0 Å². The minimum Gasteiger partial charge on any atom is -0.497 e. The highest BCUT2D eigenvalue weighted by Gasteiger charge is 2.49. The van der Waals surface area contributed by atoms with E-state index in [1.54, 1.807) is 12.0 Å². The number of hydrogen-bond donors (Lipinski definition) is 1. The smallest absolute Gasteiger partial charge is 0.409 e. The number of carbonyl (C=O) groups is 1. The Morgan fingerprint density at radius 3 is 2.79 bits per heavy atom. The van der Waals surface area contributed by atoms with Gasteiger partial charge in [-0.05, 0) is 60.6 Å². The Balaban J connectivity index is 1.53. The molecule has 2 unspecified atom stereocenters. The number of alkyl halides is 3. The highest BCUT2D eigenvalue weighted by Crippen LogP contribution is 2.50. The maximum absolute atomic E-state index is 12.8. The number of benzene rings is 2. The van der Waals surface area contributed by atoms with Crippen LogP contribution in [0.1, 0.15) is 23.2 Å². The zero-order chi connectivity index (χ0) is 24.1. The molecule has 1 aromatic heterocycles. The number of rotatable bonds is 3. The Morgan fingerprint density at radius 1 is 1.24 bits per heavy atom. The highest BCUT2D eigenvalue weighted by atomic mass is 35.6. The fraction of sp³-hybridized carbons (Fsp3) is 0.400. The Morgan fingerprint density at radius 2 is 2.03 bits per heavy atom. The van der Waals surface area contributed by atoms with Crippen molar-refractivity contribution in [3.8, 4) is 5.75 Å². The number of ether oxygens (including phenoxy) is 2. The molecular weight excluding hydrogens is 518 g/mol. The monoisotopic (exact) mass is 540 g/mol. The SMILES string of the molecule is COc1cccc(C23CCN(C(=O)OCC(Cl)(Cl)Cl)CC2Cc2c([nH]c4cccc(Cl)c24)C3)c1. The summed E-state index contributed by atoms with van der Waals surface area (Å²) in [6, 6.07) is 14.2. The molecule has 1 saturated heterocycles. The van der Waals surface area contributed by atoms with Gasteiger partial charge in [0.25, 0.3) is 0 Å². The lowest BCUT2D eigenvalue weighted by Gasteiger charge is -2.50. The number of halogens is 4. The molecule has 1 amide bonds.